The van der Waals surface area contributed by atoms with Crippen LogP contribution >= 0.6 is 0 Å². The maximum Gasteiger partial charge on any atom is 0.356 e. The summed E-state index contributed by atoms with van der Waals surface area (Å²) in [5, 5.41) is 4.51. The lowest BCUT2D eigenvalue weighted by atomic mass is 9.94. The van der Waals surface area contributed by atoms with E-state index in [1.807, 2.05) is 6.07 Å². The number of nitrogens with zero attached hydrogens (tertiary/aromatic N) is 4. The van der Waals surface area contributed by atoms with Gasteiger partial charge in [0.15, 0.2) is 17.2 Å². The lowest BCUT2D eigenvalue weighted by Gasteiger charge is -2.31. The molecule has 0 bridgehead atoms. The third-order valence-electron chi connectivity index (χ3n) is 4.32. The summed E-state index contributed by atoms with van der Waals surface area (Å²) in [5.74, 6) is 1.00. The first kappa shape index (κ1) is 15.0. The Bertz CT molecular complexity index is 667. The molecule has 1 unspecified atom stereocenters. The summed E-state index contributed by atoms with van der Waals surface area (Å²) in [6.07, 6.45) is 3.31. The van der Waals surface area contributed by atoms with Crippen LogP contribution in [0, 0.1) is 5.92 Å². The molecule has 0 aromatic carbocycles. The Morgan fingerprint density at radius 3 is 3.09 bits per heavy atom. The Labute approximate surface area is 130 Å². The van der Waals surface area contributed by atoms with Crippen LogP contribution in [0.25, 0.3) is 5.65 Å². The second kappa shape index (κ2) is 6.44. The lowest BCUT2D eigenvalue weighted by molar-refractivity contribution is 0.0591. The van der Waals surface area contributed by atoms with E-state index < -0.39 is 5.97 Å². The summed E-state index contributed by atoms with van der Waals surface area (Å²) < 4.78 is 6.38. The van der Waals surface area contributed by atoms with E-state index in [0.29, 0.717) is 17.3 Å². The average Bonchev–Trinajstić information content (AvgIpc) is 2.96. The maximum atomic E-state index is 11.8. The zero-order valence-electron chi connectivity index (χ0n) is 13.2. The minimum atomic E-state index is -0.392. The molecule has 22 heavy (non-hydrogen) atoms. The number of aromatic nitrogens is 3. The Kier molecular flexibility index (Phi) is 4.38. The van der Waals surface area contributed by atoms with Gasteiger partial charge in [0.2, 0.25) is 0 Å². The quantitative estimate of drug-likeness (QED) is 0.806. The summed E-state index contributed by atoms with van der Waals surface area (Å²) in [7, 11) is 1.38. The van der Waals surface area contributed by atoms with Gasteiger partial charge in [0.05, 0.1) is 7.11 Å². The van der Waals surface area contributed by atoms with Gasteiger partial charge < -0.3 is 9.64 Å². The molecule has 0 radical (unpaired) electrons. The number of carbonyl (C=O) groups excluding carboxylic acids is 1. The molecular weight excluding hydrogens is 280 g/mol. The zero-order chi connectivity index (χ0) is 15.5. The number of piperidine rings is 1. The molecular formula is C16H22N4O2. The molecule has 2 aromatic rings. The van der Waals surface area contributed by atoms with E-state index >= 15 is 0 Å². The smallest absolute Gasteiger partial charge is 0.356 e. The molecule has 0 spiro atoms. The van der Waals surface area contributed by atoms with Crippen molar-refractivity contribution < 1.29 is 9.53 Å². The van der Waals surface area contributed by atoms with Crippen LogP contribution in [-0.4, -0.2) is 52.2 Å². The van der Waals surface area contributed by atoms with Gasteiger partial charge in [-0.05, 0) is 44.0 Å². The van der Waals surface area contributed by atoms with E-state index in [4.69, 9.17) is 4.74 Å². The van der Waals surface area contributed by atoms with Crippen molar-refractivity contribution in [3.05, 3.63) is 29.7 Å². The van der Waals surface area contributed by atoms with Crippen molar-refractivity contribution in [2.24, 2.45) is 5.92 Å². The van der Waals surface area contributed by atoms with Gasteiger partial charge in [0.1, 0.15) is 0 Å². The van der Waals surface area contributed by atoms with Gasteiger partial charge in [-0.25, -0.2) is 14.3 Å². The molecule has 0 amide bonds. The van der Waals surface area contributed by atoms with Crippen LogP contribution in [-0.2, 0) is 11.2 Å². The van der Waals surface area contributed by atoms with Crippen molar-refractivity contribution in [2.45, 2.75) is 26.2 Å². The first-order valence-corrected chi connectivity index (χ1v) is 7.86. The molecule has 0 saturated carbocycles. The molecule has 0 N–H and O–H groups in total. The molecule has 6 nitrogen and oxygen atoms in total. The van der Waals surface area contributed by atoms with Gasteiger partial charge >= 0.3 is 5.97 Å². The van der Waals surface area contributed by atoms with Gasteiger partial charge in [-0.15, -0.1) is 0 Å². The molecule has 3 rings (SSSR count). The van der Waals surface area contributed by atoms with Crippen LogP contribution in [0.4, 0.5) is 0 Å². The van der Waals surface area contributed by atoms with E-state index in [2.05, 4.69) is 21.9 Å². The van der Waals surface area contributed by atoms with Gasteiger partial charge in [-0.3, -0.25) is 0 Å². The van der Waals surface area contributed by atoms with Crippen molar-refractivity contribution in [3.63, 3.8) is 0 Å². The summed E-state index contributed by atoms with van der Waals surface area (Å²) in [4.78, 5) is 18.8. The second-order valence-electron chi connectivity index (χ2n) is 5.81. The minimum absolute atomic E-state index is 0.392. The van der Waals surface area contributed by atoms with Crippen molar-refractivity contribution in [1.82, 2.24) is 19.5 Å². The number of ether oxygens (including phenoxy) is 1. The van der Waals surface area contributed by atoms with E-state index in [1.165, 1.54) is 26.5 Å². The number of hydrogen-bond acceptors (Lipinski definition) is 5. The Morgan fingerprint density at radius 1 is 1.45 bits per heavy atom. The third-order valence-corrected chi connectivity index (χ3v) is 4.32. The number of methoxy groups -OCH3 is 1. The molecule has 1 fully saturated rings. The predicted molar refractivity (Wildman–Crippen MR) is 82.9 cm³/mol. The topological polar surface area (TPSA) is 59.7 Å². The third kappa shape index (κ3) is 2.97. The second-order valence-corrected chi connectivity index (χ2v) is 5.81. The van der Waals surface area contributed by atoms with Crippen molar-refractivity contribution >= 4 is 11.6 Å². The zero-order valence-corrected chi connectivity index (χ0v) is 13.2. The highest BCUT2D eigenvalue weighted by molar-refractivity contribution is 5.88. The normalized spacial score (nSPS) is 19.5. The monoisotopic (exact) mass is 302 g/mol. The number of rotatable bonds is 4. The summed E-state index contributed by atoms with van der Waals surface area (Å²) >= 11 is 0. The molecule has 0 aliphatic carbocycles. The predicted octanol–water partition coefficient (Wildman–Crippen LogP) is 1.79. The van der Waals surface area contributed by atoms with Gasteiger partial charge in [-0.1, -0.05) is 13.0 Å². The van der Waals surface area contributed by atoms with Crippen LogP contribution in [0.1, 0.15) is 36.1 Å². The molecule has 1 atom stereocenters. The number of carbonyl (C=O) groups is 1. The number of hydrogen-bond donors (Lipinski definition) is 0. The SMILES string of the molecule is CCN1CCCC(Cc2nc3cccc(C(=O)OC)n3n2)C1. The van der Waals surface area contributed by atoms with E-state index in [0.717, 1.165) is 25.3 Å². The Balaban J connectivity index is 1.81. The number of pyridine rings is 1. The average molecular weight is 302 g/mol. The van der Waals surface area contributed by atoms with Crippen molar-refractivity contribution in [3.8, 4) is 0 Å². The first-order valence-electron chi connectivity index (χ1n) is 7.86. The van der Waals surface area contributed by atoms with E-state index in [9.17, 15) is 4.79 Å². The van der Waals surface area contributed by atoms with Gasteiger partial charge in [-0.2, -0.15) is 5.10 Å². The van der Waals surface area contributed by atoms with Gasteiger partial charge in [0.25, 0.3) is 0 Å². The number of esters is 1. The van der Waals surface area contributed by atoms with E-state index in [1.54, 1.807) is 16.6 Å². The standard InChI is InChI=1S/C16H22N4O2/c1-3-19-9-5-6-12(11-19)10-14-17-15-8-4-7-13(16(21)22-2)20(15)18-14/h4,7-8,12H,3,5-6,9-11H2,1-2H3. The van der Waals surface area contributed by atoms with Crippen LogP contribution in [0.2, 0.25) is 0 Å². The Hall–Kier alpha value is -1.95. The highest BCUT2D eigenvalue weighted by Crippen LogP contribution is 2.20. The highest BCUT2D eigenvalue weighted by Gasteiger charge is 2.21. The van der Waals surface area contributed by atoms with Crippen molar-refractivity contribution in [1.29, 1.82) is 0 Å². The largest absolute Gasteiger partial charge is 0.464 e. The molecule has 1 aliphatic heterocycles. The molecule has 6 heteroatoms. The molecule has 2 aromatic heterocycles. The fourth-order valence-electron chi connectivity index (χ4n) is 3.16. The van der Waals surface area contributed by atoms with Crippen LogP contribution in [0.3, 0.4) is 0 Å². The van der Waals surface area contributed by atoms with Gasteiger partial charge in [0, 0.05) is 13.0 Å². The molecule has 3 heterocycles. The maximum absolute atomic E-state index is 11.8. The lowest BCUT2D eigenvalue weighted by Crippen LogP contribution is -2.36. The molecule has 118 valence electrons. The number of fused-ring (bicyclic) bond motifs is 1. The molecule has 1 aliphatic rings. The van der Waals surface area contributed by atoms with Crippen LogP contribution in [0.5, 0.6) is 0 Å². The molecule has 1 saturated heterocycles. The highest BCUT2D eigenvalue weighted by atomic mass is 16.5. The fraction of sp³-hybridized carbons (Fsp3) is 0.562. The van der Waals surface area contributed by atoms with E-state index in [-0.39, 0.29) is 0 Å². The minimum Gasteiger partial charge on any atom is -0.464 e. The fourth-order valence-corrected chi connectivity index (χ4v) is 3.16. The number of likely N-dealkylation sites (tertiary alicyclic amines) is 1. The van der Waals surface area contributed by atoms with Crippen LogP contribution in [0.15, 0.2) is 18.2 Å². The van der Waals surface area contributed by atoms with Crippen LogP contribution < -0.4 is 0 Å². The Morgan fingerprint density at radius 2 is 2.32 bits per heavy atom. The summed E-state index contributed by atoms with van der Waals surface area (Å²) in [6.45, 7) is 5.60. The van der Waals surface area contributed by atoms with Crippen molar-refractivity contribution in [2.75, 3.05) is 26.7 Å². The first-order chi connectivity index (χ1) is 10.7. The summed E-state index contributed by atoms with van der Waals surface area (Å²) in [6, 6.07) is 5.37. The summed E-state index contributed by atoms with van der Waals surface area (Å²) in [5.41, 5.74) is 1.11.